The van der Waals surface area contributed by atoms with Crippen LogP contribution in [0.1, 0.15) is 26.7 Å². The number of carboxylic acid groups (broad SMARTS) is 1. The average Bonchev–Trinajstić information content (AvgIpc) is 2.43. The molecule has 0 aromatic heterocycles. The van der Waals surface area contributed by atoms with Crippen molar-refractivity contribution >= 4 is 12.0 Å². The third kappa shape index (κ3) is 4.37. The molecular weight excluding hydrogens is 258 g/mol. The second-order valence-electron chi connectivity index (χ2n) is 5.77. The van der Waals surface area contributed by atoms with Crippen molar-refractivity contribution in [1.82, 2.24) is 14.7 Å². The number of nitrogens with zero attached hydrogens (tertiary/aromatic N) is 3. The molecule has 1 N–H and O–H groups in total. The van der Waals surface area contributed by atoms with Gasteiger partial charge in [-0.2, -0.15) is 0 Å². The van der Waals surface area contributed by atoms with Gasteiger partial charge in [-0.05, 0) is 33.9 Å². The van der Waals surface area contributed by atoms with Crippen LogP contribution in [0.4, 0.5) is 4.79 Å². The second-order valence-corrected chi connectivity index (χ2v) is 5.77. The molecule has 20 heavy (non-hydrogen) atoms. The first-order valence-corrected chi connectivity index (χ1v) is 7.29. The number of carbonyl (C=O) groups excluding carboxylic acids is 1. The molecule has 2 amide bonds. The van der Waals surface area contributed by atoms with Gasteiger partial charge in [0.2, 0.25) is 0 Å². The van der Waals surface area contributed by atoms with E-state index in [1.165, 1.54) is 0 Å². The summed E-state index contributed by atoms with van der Waals surface area (Å²) in [6, 6.07) is 0.357. The van der Waals surface area contributed by atoms with Gasteiger partial charge in [-0.3, -0.25) is 4.79 Å². The minimum atomic E-state index is -0.860. The van der Waals surface area contributed by atoms with Crippen molar-refractivity contribution in [2.24, 2.45) is 5.92 Å². The number of hydrogen-bond acceptors (Lipinski definition) is 3. The molecular formula is C14H27N3O3. The predicted molar refractivity (Wildman–Crippen MR) is 77.7 cm³/mol. The van der Waals surface area contributed by atoms with Gasteiger partial charge in [0.1, 0.15) is 0 Å². The average molecular weight is 285 g/mol. The quantitative estimate of drug-likeness (QED) is 0.823. The van der Waals surface area contributed by atoms with Crippen molar-refractivity contribution in [2.75, 3.05) is 40.3 Å². The van der Waals surface area contributed by atoms with E-state index in [2.05, 4.69) is 4.90 Å². The standard InChI is InChI=1S/C14H27N3O3/c1-5-16(9-11(2)13(18)19)14(20)17-8-6-7-12(10-17)15(3)4/h11-12H,5-10H2,1-4H3,(H,18,19). The van der Waals surface area contributed by atoms with Crippen LogP contribution in [-0.4, -0.2) is 78.1 Å². The summed E-state index contributed by atoms with van der Waals surface area (Å²) in [4.78, 5) is 29.1. The minimum Gasteiger partial charge on any atom is -0.481 e. The molecule has 0 aromatic rings. The van der Waals surface area contributed by atoms with Crippen LogP contribution >= 0.6 is 0 Å². The van der Waals surface area contributed by atoms with Crippen molar-refractivity contribution in [3.8, 4) is 0 Å². The smallest absolute Gasteiger partial charge is 0.320 e. The SMILES string of the molecule is CCN(CC(C)C(=O)O)C(=O)N1CCCC(N(C)C)C1. The predicted octanol–water partition coefficient (Wildman–Crippen LogP) is 1.17. The van der Waals surface area contributed by atoms with Gasteiger partial charge in [-0.15, -0.1) is 0 Å². The monoisotopic (exact) mass is 285 g/mol. The van der Waals surface area contributed by atoms with Crippen molar-refractivity contribution in [3.63, 3.8) is 0 Å². The van der Waals surface area contributed by atoms with Crippen LogP contribution in [0.25, 0.3) is 0 Å². The number of piperidine rings is 1. The molecule has 2 atom stereocenters. The first-order chi connectivity index (χ1) is 9.36. The molecule has 0 bridgehead atoms. The summed E-state index contributed by atoms with van der Waals surface area (Å²) in [5.74, 6) is -1.39. The zero-order valence-corrected chi connectivity index (χ0v) is 13.0. The van der Waals surface area contributed by atoms with Crippen molar-refractivity contribution in [3.05, 3.63) is 0 Å². The molecule has 1 heterocycles. The number of urea groups is 1. The molecule has 2 unspecified atom stereocenters. The summed E-state index contributed by atoms with van der Waals surface area (Å²) in [5, 5.41) is 8.98. The van der Waals surface area contributed by atoms with Crippen LogP contribution in [0, 0.1) is 5.92 Å². The van der Waals surface area contributed by atoms with Gasteiger partial charge in [0.15, 0.2) is 0 Å². The lowest BCUT2D eigenvalue weighted by molar-refractivity contribution is -0.141. The van der Waals surface area contributed by atoms with Gasteiger partial charge < -0.3 is 19.8 Å². The zero-order valence-electron chi connectivity index (χ0n) is 13.0. The minimum absolute atomic E-state index is 0.0350. The first kappa shape index (κ1) is 16.8. The molecule has 1 rings (SSSR count). The van der Waals surface area contributed by atoms with Crippen molar-refractivity contribution < 1.29 is 14.7 Å². The number of aliphatic carboxylic acids is 1. The molecule has 0 aromatic carbocycles. The molecule has 0 radical (unpaired) electrons. The maximum atomic E-state index is 12.5. The van der Waals surface area contributed by atoms with Crippen molar-refractivity contribution in [2.45, 2.75) is 32.7 Å². The van der Waals surface area contributed by atoms with Crippen LogP contribution in [0.2, 0.25) is 0 Å². The fourth-order valence-corrected chi connectivity index (χ4v) is 2.50. The van der Waals surface area contributed by atoms with Crippen LogP contribution in [0.15, 0.2) is 0 Å². The number of carbonyl (C=O) groups is 2. The third-order valence-corrected chi connectivity index (χ3v) is 3.97. The van der Waals surface area contributed by atoms with E-state index in [0.29, 0.717) is 12.6 Å². The Hall–Kier alpha value is -1.30. The lowest BCUT2D eigenvalue weighted by Crippen LogP contribution is -2.52. The summed E-state index contributed by atoms with van der Waals surface area (Å²) < 4.78 is 0. The van der Waals surface area contributed by atoms with E-state index in [9.17, 15) is 9.59 Å². The third-order valence-electron chi connectivity index (χ3n) is 3.97. The fraction of sp³-hybridized carbons (Fsp3) is 0.857. The maximum Gasteiger partial charge on any atom is 0.320 e. The largest absolute Gasteiger partial charge is 0.481 e. The van der Waals surface area contributed by atoms with Gasteiger partial charge in [-0.25, -0.2) is 4.79 Å². The molecule has 0 aliphatic carbocycles. The molecule has 0 spiro atoms. The number of likely N-dealkylation sites (N-methyl/N-ethyl adjacent to an activating group) is 1. The molecule has 116 valence electrons. The highest BCUT2D eigenvalue weighted by molar-refractivity contribution is 5.76. The lowest BCUT2D eigenvalue weighted by atomic mass is 10.1. The molecule has 6 heteroatoms. The maximum absolute atomic E-state index is 12.5. The van der Waals surface area contributed by atoms with Gasteiger partial charge in [0.25, 0.3) is 0 Å². The first-order valence-electron chi connectivity index (χ1n) is 7.29. The number of amides is 2. The van der Waals surface area contributed by atoms with Gasteiger partial charge >= 0.3 is 12.0 Å². The molecule has 0 saturated carbocycles. The Morgan fingerprint density at radius 1 is 1.40 bits per heavy atom. The van der Waals surface area contributed by atoms with E-state index in [1.807, 2.05) is 25.9 Å². The molecule has 1 fully saturated rings. The Labute approximate surface area is 121 Å². The second kappa shape index (κ2) is 7.47. The Morgan fingerprint density at radius 2 is 2.05 bits per heavy atom. The summed E-state index contributed by atoms with van der Waals surface area (Å²) in [5.41, 5.74) is 0. The highest BCUT2D eigenvalue weighted by Gasteiger charge is 2.28. The Balaban J connectivity index is 2.63. The number of likely N-dealkylation sites (tertiary alicyclic amines) is 1. The van der Waals surface area contributed by atoms with Gasteiger partial charge in [0.05, 0.1) is 5.92 Å². The van der Waals surface area contributed by atoms with Crippen LogP contribution in [0.5, 0.6) is 0 Å². The summed E-state index contributed by atoms with van der Waals surface area (Å²) in [7, 11) is 4.06. The van der Waals surface area contributed by atoms with Gasteiger partial charge in [0, 0.05) is 32.2 Å². The lowest BCUT2D eigenvalue weighted by Gasteiger charge is -2.38. The van der Waals surface area contributed by atoms with E-state index in [4.69, 9.17) is 5.11 Å². The number of hydrogen-bond donors (Lipinski definition) is 1. The highest BCUT2D eigenvalue weighted by atomic mass is 16.4. The van der Waals surface area contributed by atoms with E-state index in [1.54, 1.807) is 11.8 Å². The molecule has 6 nitrogen and oxygen atoms in total. The Bertz CT molecular complexity index is 347. The van der Waals surface area contributed by atoms with Crippen LogP contribution < -0.4 is 0 Å². The molecule has 1 saturated heterocycles. The number of rotatable bonds is 5. The fourth-order valence-electron chi connectivity index (χ4n) is 2.50. The summed E-state index contributed by atoms with van der Waals surface area (Å²) in [6.45, 7) is 5.83. The highest BCUT2D eigenvalue weighted by Crippen LogP contribution is 2.16. The van der Waals surface area contributed by atoms with E-state index in [-0.39, 0.29) is 12.6 Å². The van der Waals surface area contributed by atoms with Crippen LogP contribution in [-0.2, 0) is 4.79 Å². The van der Waals surface area contributed by atoms with E-state index < -0.39 is 11.9 Å². The number of carboxylic acids is 1. The zero-order chi connectivity index (χ0) is 15.3. The Kier molecular flexibility index (Phi) is 6.26. The normalized spacial score (nSPS) is 20.9. The summed E-state index contributed by atoms with van der Waals surface area (Å²) >= 11 is 0. The topological polar surface area (TPSA) is 64.1 Å². The van der Waals surface area contributed by atoms with Crippen molar-refractivity contribution in [1.29, 1.82) is 0 Å². The van der Waals surface area contributed by atoms with E-state index in [0.717, 1.165) is 25.9 Å². The molecule has 1 aliphatic rings. The van der Waals surface area contributed by atoms with Gasteiger partial charge in [-0.1, -0.05) is 6.92 Å². The summed E-state index contributed by atoms with van der Waals surface area (Å²) in [6.07, 6.45) is 2.11. The van der Waals surface area contributed by atoms with E-state index >= 15 is 0 Å². The molecule has 1 aliphatic heterocycles. The Morgan fingerprint density at radius 3 is 2.55 bits per heavy atom. The van der Waals surface area contributed by atoms with Crippen LogP contribution in [0.3, 0.4) is 0 Å².